The van der Waals surface area contributed by atoms with Gasteiger partial charge in [-0.15, -0.1) is 11.8 Å². The van der Waals surface area contributed by atoms with Crippen LogP contribution in [0.1, 0.15) is 25.5 Å². The zero-order chi connectivity index (χ0) is 13.5. The third-order valence-electron chi connectivity index (χ3n) is 2.23. The number of carbonyl (C=O) groups is 2. The molecule has 18 heavy (non-hydrogen) atoms. The van der Waals surface area contributed by atoms with E-state index in [2.05, 4.69) is 5.32 Å². The molecule has 0 spiro atoms. The molecule has 0 saturated carbocycles. The van der Waals surface area contributed by atoms with Crippen molar-refractivity contribution in [3.63, 3.8) is 0 Å². The van der Waals surface area contributed by atoms with E-state index in [9.17, 15) is 9.59 Å². The number of nitrogens with one attached hydrogen (secondary N) is 1. The van der Waals surface area contributed by atoms with Gasteiger partial charge in [0.05, 0.1) is 5.75 Å². The van der Waals surface area contributed by atoms with Gasteiger partial charge < -0.3 is 10.4 Å². The summed E-state index contributed by atoms with van der Waals surface area (Å²) in [7, 11) is 0. The Balaban J connectivity index is 2.65. The van der Waals surface area contributed by atoms with Gasteiger partial charge in [0.1, 0.15) is 0 Å². The highest BCUT2D eigenvalue weighted by Gasteiger charge is 2.21. The molecule has 1 rings (SSSR count). The smallest absolute Gasteiger partial charge is 0.330 e. The predicted molar refractivity (Wildman–Crippen MR) is 72.6 cm³/mol. The number of hydrogen-bond acceptors (Lipinski definition) is 3. The van der Waals surface area contributed by atoms with Crippen LogP contribution in [0.4, 0.5) is 0 Å². The van der Waals surface area contributed by atoms with Crippen LogP contribution in [-0.4, -0.2) is 28.0 Å². The van der Waals surface area contributed by atoms with Gasteiger partial charge >= 0.3 is 5.97 Å². The van der Waals surface area contributed by atoms with Crippen molar-refractivity contribution in [1.29, 1.82) is 0 Å². The Labute approximate surface area is 111 Å². The average molecular weight is 267 g/mol. The van der Waals surface area contributed by atoms with Gasteiger partial charge in [-0.25, -0.2) is 4.79 Å². The Morgan fingerprint density at radius 2 is 1.89 bits per heavy atom. The molecule has 0 heterocycles. The molecule has 1 aromatic carbocycles. The SMILES string of the molecule is CC(C)SCC(=O)N[C@@H](C(=O)O)c1ccccc1. The van der Waals surface area contributed by atoms with Crippen molar-refractivity contribution in [2.24, 2.45) is 0 Å². The van der Waals surface area contributed by atoms with Gasteiger partial charge in [-0.1, -0.05) is 44.2 Å². The van der Waals surface area contributed by atoms with E-state index in [1.165, 1.54) is 11.8 Å². The molecule has 1 atom stereocenters. The highest BCUT2D eigenvalue weighted by molar-refractivity contribution is 8.00. The summed E-state index contributed by atoms with van der Waals surface area (Å²) in [5, 5.41) is 12.0. The average Bonchev–Trinajstić information content (AvgIpc) is 2.34. The lowest BCUT2D eigenvalue weighted by molar-refractivity contribution is -0.141. The largest absolute Gasteiger partial charge is 0.479 e. The summed E-state index contributed by atoms with van der Waals surface area (Å²) in [6, 6.07) is 7.70. The van der Waals surface area contributed by atoms with Gasteiger partial charge in [0, 0.05) is 0 Å². The highest BCUT2D eigenvalue weighted by Crippen LogP contribution is 2.14. The zero-order valence-electron chi connectivity index (χ0n) is 10.4. The number of rotatable bonds is 6. The standard InChI is InChI=1S/C13H17NO3S/c1-9(2)18-8-11(15)14-12(13(16)17)10-6-4-3-5-7-10/h3-7,9,12H,8H2,1-2H3,(H,14,15)(H,16,17)/t12-/m1/s1. The minimum absolute atomic E-state index is 0.259. The van der Waals surface area contributed by atoms with Gasteiger partial charge in [-0.05, 0) is 10.8 Å². The topological polar surface area (TPSA) is 66.4 Å². The van der Waals surface area contributed by atoms with E-state index in [-0.39, 0.29) is 11.7 Å². The minimum Gasteiger partial charge on any atom is -0.479 e. The molecule has 98 valence electrons. The maximum Gasteiger partial charge on any atom is 0.330 e. The fourth-order valence-corrected chi connectivity index (χ4v) is 1.95. The molecule has 0 bridgehead atoms. The van der Waals surface area contributed by atoms with Crippen molar-refractivity contribution in [3.05, 3.63) is 35.9 Å². The Morgan fingerprint density at radius 1 is 1.28 bits per heavy atom. The Bertz CT molecular complexity index is 406. The van der Waals surface area contributed by atoms with Gasteiger partial charge in [-0.2, -0.15) is 0 Å². The summed E-state index contributed by atoms with van der Waals surface area (Å²) < 4.78 is 0. The van der Waals surface area contributed by atoms with Crippen LogP contribution in [0.15, 0.2) is 30.3 Å². The van der Waals surface area contributed by atoms with Crippen LogP contribution in [0.3, 0.4) is 0 Å². The maximum atomic E-state index is 11.6. The lowest BCUT2D eigenvalue weighted by atomic mass is 10.1. The fourth-order valence-electron chi connectivity index (χ4n) is 1.38. The summed E-state index contributed by atoms with van der Waals surface area (Å²) in [6.45, 7) is 3.98. The predicted octanol–water partition coefficient (Wildman–Crippen LogP) is 2.07. The van der Waals surface area contributed by atoms with E-state index in [1.807, 2.05) is 13.8 Å². The number of aliphatic carboxylic acids is 1. The number of carboxylic acid groups (broad SMARTS) is 1. The molecule has 0 fully saturated rings. The third kappa shape index (κ3) is 4.79. The molecule has 0 aliphatic rings. The van der Waals surface area contributed by atoms with Crippen molar-refractivity contribution >= 4 is 23.6 Å². The number of carboxylic acids is 1. The van der Waals surface area contributed by atoms with E-state index < -0.39 is 12.0 Å². The summed E-state index contributed by atoms with van der Waals surface area (Å²) >= 11 is 1.48. The lowest BCUT2D eigenvalue weighted by Gasteiger charge is -2.15. The van der Waals surface area contributed by atoms with Crippen molar-refractivity contribution < 1.29 is 14.7 Å². The van der Waals surface area contributed by atoms with Crippen LogP contribution in [0.5, 0.6) is 0 Å². The summed E-state index contributed by atoms with van der Waals surface area (Å²) in [6.07, 6.45) is 0. The normalized spacial score (nSPS) is 12.2. The second kappa shape index (κ2) is 7.06. The summed E-state index contributed by atoms with van der Waals surface area (Å²) in [5.41, 5.74) is 0.577. The molecule has 0 aliphatic heterocycles. The van der Waals surface area contributed by atoms with Gasteiger partial charge in [-0.3, -0.25) is 4.79 Å². The van der Waals surface area contributed by atoms with E-state index in [4.69, 9.17) is 5.11 Å². The van der Waals surface area contributed by atoms with E-state index in [1.54, 1.807) is 30.3 Å². The quantitative estimate of drug-likeness (QED) is 0.828. The molecule has 0 aromatic heterocycles. The van der Waals surface area contributed by atoms with Gasteiger partial charge in [0.15, 0.2) is 6.04 Å². The number of amides is 1. The number of benzene rings is 1. The first kappa shape index (κ1) is 14.6. The number of hydrogen-bond donors (Lipinski definition) is 2. The molecule has 0 radical (unpaired) electrons. The van der Waals surface area contributed by atoms with Crippen LogP contribution in [0.25, 0.3) is 0 Å². The molecular formula is C13H17NO3S. The molecule has 1 amide bonds. The Hall–Kier alpha value is -1.49. The van der Waals surface area contributed by atoms with Crippen molar-refractivity contribution in [3.8, 4) is 0 Å². The molecule has 4 nitrogen and oxygen atoms in total. The molecule has 2 N–H and O–H groups in total. The first-order chi connectivity index (χ1) is 8.50. The fraction of sp³-hybridized carbons (Fsp3) is 0.385. The highest BCUT2D eigenvalue weighted by atomic mass is 32.2. The molecule has 1 aromatic rings. The van der Waals surface area contributed by atoms with Gasteiger partial charge in [0.25, 0.3) is 0 Å². The Morgan fingerprint density at radius 3 is 2.39 bits per heavy atom. The maximum absolute atomic E-state index is 11.6. The van der Waals surface area contributed by atoms with Crippen LogP contribution in [0.2, 0.25) is 0 Å². The summed E-state index contributed by atoms with van der Waals surface area (Å²) in [5.74, 6) is -1.04. The van der Waals surface area contributed by atoms with Crippen LogP contribution >= 0.6 is 11.8 Å². The van der Waals surface area contributed by atoms with Crippen molar-refractivity contribution in [1.82, 2.24) is 5.32 Å². The third-order valence-corrected chi connectivity index (χ3v) is 3.33. The van der Waals surface area contributed by atoms with E-state index in [0.717, 1.165) is 0 Å². The molecule has 0 aliphatic carbocycles. The molecule has 0 unspecified atom stereocenters. The van der Waals surface area contributed by atoms with Crippen LogP contribution in [-0.2, 0) is 9.59 Å². The van der Waals surface area contributed by atoms with Gasteiger partial charge in [0.2, 0.25) is 5.91 Å². The molecule has 5 heteroatoms. The minimum atomic E-state index is -1.05. The second-order valence-electron chi connectivity index (χ2n) is 4.11. The van der Waals surface area contributed by atoms with Crippen molar-refractivity contribution in [2.45, 2.75) is 25.1 Å². The van der Waals surface area contributed by atoms with Crippen LogP contribution in [0, 0.1) is 0 Å². The first-order valence-electron chi connectivity index (χ1n) is 5.69. The van der Waals surface area contributed by atoms with E-state index in [0.29, 0.717) is 10.8 Å². The van der Waals surface area contributed by atoms with Crippen LogP contribution < -0.4 is 5.32 Å². The van der Waals surface area contributed by atoms with E-state index >= 15 is 0 Å². The lowest BCUT2D eigenvalue weighted by Crippen LogP contribution is -2.35. The molecule has 0 saturated heterocycles. The second-order valence-corrected chi connectivity index (χ2v) is 5.67. The monoisotopic (exact) mass is 267 g/mol. The number of thioether (sulfide) groups is 1. The number of carbonyl (C=O) groups excluding carboxylic acids is 1. The Kier molecular flexibility index (Phi) is 5.71. The van der Waals surface area contributed by atoms with Crippen molar-refractivity contribution in [2.75, 3.05) is 5.75 Å². The summed E-state index contributed by atoms with van der Waals surface area (Å²) in [4.78, 5) is 22.8. The zero-order valence-corrected chi connectivity index (χ0v) is 11.2. The molecular weight excluding hydrogens is 250 g/mol. The first-order valence-corrected chi connectivity index (χ1v) is 6.74.